The lowest BCUT2D eigenvalue weighted by Crippen LogP contribution is -2.55. The first-order valence-electron chi connectivity index (χ1n) is 21.9. The number of nitrogens with zero attached hydrogens (tertiary/aromatic N) is 4. The number of ether oxygens (including phenoxy) is 1. The minimum absolute atomic E-state index is 0.0179. The molecule has 14 heteroatoms. The number of benzene rings is 3. The highest BCUT2D eigenvalue weighted by Crippen LogP contribution is 2.22. The molecule has 0 bridgehead atoms. The van der Waals surface area contributed by atoms with Crippen molar-refractivity contribution < 1.29 is 38.7 Å². The molecule has 2 amide bonds. The van der Waals surface area contributed by atoms with E-state index in [4.69, 9.17) is 9.57 Å². The van der Waals surface area contributed by atoms with Crippen molar-refractivity contribution in [1.82, 2.24) is 30.7 Å². The van der Waals surface area contributed by atoms with Gasteiger partial charge in [-0.15, -0.1) is 5.10 Å². The first-order valence-corrected chi connectivity index (χ1v) is 21.9. The summed E-state index contributed by atoms with van der Waals surface area (Å²) >= 11 is 0. The second-order valence-electron chi connectivity index (χ2n) is 17.7. The summed E-state index contributed by atoms with van der Waals surface area (Å²) in [6.45, 7) is 11.3. The molecule has 14 nitrogen and oxygen atoms in total. The number of fused-ring (bicyclic) bond motifs is 1. The third-order valence-corrected chi connectivity index (χ3v) is 11.2. The predicted octanol–water partition coefficient (Wildman–Crippen LogP) is 4.60. The van der Waals surface area contributed by atoms with E-state index in [0.29, 0.717) is 56.6 Å². The topological polar surface area (TPSA) is 182 Å². The highest BCUT2D eigenvalue weighted by molar-refractivity contribution is 5.97. The number of hydrogen-bond donors (Lipinski definition) is 3. The molecule has 0 aliphatic carbocycles. The number of ketones is 3. The number of morpholine rings is 1. The Labute approximate surface area is 365 Å². The number of hydrogen-bond acceptors (Lipinski definition) is 11. The average molecular weight is 853 g/mol. The van der Waals surface area contributed by atoms with Gasteiger partial charge in [-0.2, -0.15) is 0 Å². The SMILES string of the molecule is CC(C)C[C@H](NC(=O)[C@H](CCc1ccccc1)CC(=O)CN1CCOCC1)C(=O)C[C@@H](Cc1ccccc1)C(=O)N[C@@H](CC(C)C)C(=O)[C@](C)(O)COn1nnc2ccccc21. The molecule has 1 saturated heterocycles. The van der Waals surface area contributed by atoms with Crippen LogP contribution < -0.4 is 15.5 Å². The van der Waals surface area contributed by atoms with Crippen molar-refractivity contribution in [3.05, 3.63) is 96.1 Å². The Kier molecular flexibility index (Phi) is 17.9. The minimum atomic E-state index is -2.03. The van der Waals surface area contributed by atoms with Crippen LogP contribution in [0.1, 0.15) is 77.8 Å². The van der Waals surface area contributed by atoms with Crippen LogP contribution >= 0.6 is 0 Å². The summed E-state index contributed by atoms with van der Waals surface area (Å²) in [5.41, 5.74) is 0.968. The van der Waals surface area contributed by atoms with Gasteiger partial charge in [0.25, 0.3) is 0 Å². The van der Waals surface area contributed by atoms with Gasteiger partial charge in [-0.3, -0.25) is 28.9 Å². The van der Waals surface area contributed by atoms with Gasteiger partial charge in [0.05, 0.1) is 31.8 Å². The molecule has 0 saturated carbocycles. The molecule has 5 atom stereocenters. The van der Waals surface area contributed by atoms with Crippen molar-refractivity contribution in [2.45, 2.75) is 97.2 Å². The van der Waals surface area contributed by atoms with Crippen LogP contribution in [0.4, 0.5) is 0 Å². The van der Waals surface area contributed by atoms with Crippen LogP contribution in [0.3, 0.4) is 0 Å². The molecule has 3 aromatic carbocycles. The molecule has 62 heavy (non-hydrogen) atoms. The highest BCUT2D eigenvalue weighted by Gasteiger charge is 2.40. The van der Waals surface area contributed by atoms with Gasteiger partial charge >= 0.3 is 0 Å². The smallest absolute Gasteiger partial charge is 0.224 e. The minimum Gasteiger partial charge on any atom is -0.391 e. The zero-order valence-electron chi connectivity index (χ0n) is 36.8. The Morgan fingerprint density at radius 1 is 0.774 bits per heavy atom. The summed E-state index contributed by atoms with van der Waals surface area (Å²) in [5, 5.41) is 25.4. The Balaban J connectivity index is 1.32. The number of Topliss-reactive ketones (excluding diaryl/α,β-unsaturated/α-hetero) is 3. The maximum Gasteiger partial charge on any atom is 0.224 e. The van der Waals surface area contributed by atoms with E-state index in [9.17, 15) is 29.1 Å². The molecule has 2 heterocycles. The zero-order valence-corrected chi connectivity index (χ0v) is 36.8. The lowest BCUT2D eigenvalue weighted by atomic mass is 9.86. The quantitative estimate of drug-likeness (QED) is 0.0848. The number of nitrogens with one attached hydrogen (secondary N) is 2. The fraction of sp³-hybridized carbons (Fsp3) is 0.521. The summed E-state index contributed by atoms with van der Waals surface area (Å²) in [6, 6.07) is 24.2. The van der Waals surface area contributed by atoms with Crippen molar-refractivity contribution in [2.75, 3.05) is 39.5 Å². The standard InChI is InChI=1S/C48H64N6O8/c1-33(2)26-41(49-46(58)37(21-20-35-14-8-6-9-15-35)29-39(55)31-53-22-24-61-25-23-53)44(56)30-38(28-36-16-10-7-11-17-36)47(59)50-42(27-34(3)4)45(57)48(5,60)32-62-54-43-19-13-12-18-40(43)51-52-54/h6-19,33-34,37-38,41-42,60H,20-32H2,1-5H3,(H,49,58)(H,50,59)/t37-,38-,41+,42+,48-/m1/s1. The molecule has 0 unspecified atom stereocenters. The summed E-state index contributed by atoms with van der Waals surface area (Å²) in [7, 11) is 0. The molecule has 334 valence electrons. The first-order chi connectivity index (χ1) is 29.7. The number of aryl methyl sites for hydroxylation is 1. The lowest BCUT2D eigenvalue weighted by molar-refractivity contribution is -0.147. The van der Waals surface area contributed by atoms with Gasteiger partial charge in [0.15, 0.2) is 23.8 Å². The average Bonchev–Trinajstić information content (AvgIpc) is 3.67. The molecule has 0 spiro atoms. The van der Waals surface area contributed by atoms with Crippen molar-refractivity contribution >= 4 is 40.2 Å². The lowest BCUT2D eigenvalue weighted by Gasteiger charge is -2.30. The fourth-order valence-electron chi connectivity index (χ4n) is 7.80. The number of aromatic nitrogens is 3. The summed E-state index contributed by atoms with van der Waals surface area (Å²) in [4.78, 5) is 79.4. The number of rotatable bonds is 25. The summed E-state index contributed by atoms with van der Waals surface area (Å²) in [5.74, 6) is -3.52. The number of amides is 2. The summed E-state index contributed by atoms with van der Waals surface area (Å²) in [6.07, 6.45) is 1.56. The van der Waals surface area contributed by atoms with E-state index >= 15 is 0 Å². The van der Waals surface area contributed by atoms with Crippen LogP contribution in [0.25, 0.3) is 11.0 Å². The van der Waals surface area contributed by atoms with Crippen LogP contribution in [-0.4, -0.2) is 111 Å². The Morgan fingerprint density at radius 2 is 1.35 bits per heavy atom. The highest BCUT2D eigenvalue weighted by atomic mass is 16.7. The number of carbonyl (C=O) groups is 5. The van der Waals surface area contributed by atoms with Crippen LogP contribution in [0.2, 0.25) is 0 Å². The molecule has 4 aromatic rings. The molecule has 5 rings (SSSR count). The van der Waals surface area contributed by atoms with Gasteiger partial charge in [-0.25, -0.2) is 0 Å². The van der Waals surface area contributed by atoms with E-state index in [1.54, 1.807) is 18.2 Å². The van der Waals surface area contributed by atoms with Crippen LogP contribution in [-0.2, 0) is 41.6 Å². The molecule has 1 aliphatic rings. The summed E-state index contributed by atoms with van der Waals surface area (Å²) < 4.78 is 5.44. The normalized spacial score (nSPS) is 16.3. The third kappa shape index (κ3) is 14.7. The zero-order chi connectivity index (χ0) is 44.6. The van der Waals surface area contributed by atoms with Crippen molar-refractivity contribution in [2.24, 2.45) is 23.7 Å². The molecule has 0 radical (unpaired) electrons. The number of para-hydroxylation sites is 1. The molecular weight excluding hydrogens is 789 g/mol. The van der Waals surface area contributed by atoms with Gasteiger partial charge in [-0.05, 0) is 79.3 Å². The number of aliphatic hydroxyl groups is 1. The van der Waals surface area contributed by atoms with E-state index in [0.717, 1.165) is 16.0 Å². The second-order valence-corrected chi connectivity index (χ2v) is 17.7. The Bertz CT molecular complexity index is 2070. The largest absolute Gasteiger partial charge is 0.391 e. The monoisotopic (exact) mass is 852 g/mol. The van der Waals surface area contributed by atoms with Crippen molar-refractivity contribution in [1.29, 1.82) is 0 Å². The van der Waals surface area contributed by atoms with Gasteiger partial charge in [-0.1, -0.05) is 105 Å². The molecule has 3 N–H and O–H groups in total. The van der Waals surface area contributed by atoms with E-state index in [-0.39, 0.29) is 61.5 Å². The third-order valence-electron chi connectivity index (χ3n) is 11.2. The van der Waals surface area contributed by atoms with Gasteiger partial charge in [0, 0.05) is 37.8 Å². The van der Waals surface area contributed by atoms with Crippen molar-refractivity contribution in [3.63, 3.8) is 0 Å². The maximum absolute atomic E-state index is 14.4. The van der Waals surface area contributed by atoms with Crippen LogP contribution in [0, 0.1) is 23.7 Å². The Morgan fingerprint density at radius 3 is 2.02 bits per heavy atom. The number of carbonyl (C=O) groups excluding carboxylic acids is 5. The molecule has 1 fully saturated rings. The van der Waals surface area contributed by atoms with E-state index in [1.165, 1.54) is 6.92 Å². The molecule has 1 aliphatic heterocycles. The van der Waals surface area contributed by atoms with Crippen LogP contribution in [0.5, 0.6) is 0 Å². The van der Waals surface area contributed by atoms with E-state index < -0.39 is 47.8 Å². The molecule has 1 aromatic heterocycles. The second kappa shape index (κ2) is 23.2. The molecular formula is C48H64N6O8. The fourth-order valence-corrected chi connectivity index (χ4v) is 7.80. The maximum atomic E-state index is 14.4. The van der Waals surface area contributed by atoms with Gasteiger partial charge in [0.2, 0.25) is 11.8 Å². The first kappa shape index (κ1) is 47.7. The van der Waals surface area contributed by atoms with Gasteiger partial charge < -0.3 is 25.3 Å². The van der Waals surface area contributed by atoms with E-state index in [1.807, 2.05) is 99.3 Å². The van der Waals surface area contributed by atoms with Crippen LogP contribution in [0.15, 0.2) is 84.9 Å². The van der Waals surface area contributed by atoms with Gasteiger partial charge in [0.1, 0.15) is 16.8 Å². The van der Waals surface area contributed by atoms with Crippen molar-refractivity contribution in [3.8, 4) is 0 Å². The predicted molar refractivity (Wildman–Crippen MR) is 236 cm³/mol. The Hall–Kier alpha value is -5.31. The van der Waals surface area contributed by atoms with E-state index in [2.05, 4.69) is 20.9 Å².